The Kier molecular flexibility index (Phi) is 3.32. The van der Waals surface area contributed by atoms with Crippen molar-refractivity contribution in [3.8, 4) is 0 Å². The van der Waals surface area contributed by atoms with Gasteiger partial charge in [0.25, 0.3) is 0 Å². The third kappa shape index (κ3) is 2.02. The lowest BCUT2D eigenvalue weighted by Gasteiger charge is -2.39. The smallest absolute Gasteiger partial charge is 0.0913 e. The standard InChI is InChI=1S/C12H20O/c1-4-7-11-8-5-6-9-12(11,13)10(2)3/h4,7,11,13H,2,5-6,8-9H2,1,3H3/b7-4+/t11-,12-/m0/s1. The summed E-state index contributed by atoms with van der Waals surface area (Å²) in [5.74, 6) is 0.281. The molecule has 1 N–H and O–H groups in total. The molecule has 0 aromatic carbocycles. The summed E-state index contributed by atoms with van der Waals surface area (Å²) in [5.41, 5.74) is 0.278. The van der Waals surface area contributed by atoms with E-state index in [9.17, 15) is 5.11 Å². The molecule has 1 saturated carbocycles. The van der Waals surface area contributed by atoms with E-state index in [4.69, 9.17) is 0 Å². The fourth-order valence-electron chi connectivity index (χ4n) is 2.20. The third-order valence-electron chi connectivity index (χ3n) is 3.10. The average molecular weight is 180 g/mol. The number of aliphatic hydroxyl groups is 1. The first-order chi connectivity index (χ1) is 6.11. The van der Waals surface area contributed by atoms with Gasteiger partial charge in [-0.1, -0.05) is 31.6 Å². The normalized spacial score (nSPS) is 35.2. The van der Waals surface area contributed by atoms with Crippen LogP contribution in [0.15, 0.2) is 24.3 Å². The van der Waals surface area contributed by atoms with E-state index in [1.807, 2.05) is 19.9 Å². The van der Waals surface area contributed by atoms with Crippen LogP contribution in [0.5, 0.6) is 0 Å². The topological polar surface area (TPSA) is 20.2 Å². The minimum atomic E-state index is -0.634. The number of rotatable bonds is 2. The van der Waals surface area contributed by atoms with Crippen LogP contribution in [0.2, 0.25) is 0 Å². The van der Waals surface area contributed by atoms with E-state index in [2.05, 4.69) is 12.7 Å². The fraction of sp³-hybridized carbons (Fsp3) is 0.667. The lowest BCUT2D eigenvalue weighted by atomic mass is 9.72. The lowest BCUT2D eigenvalue weighted by Crippen LogP contribution is -2.40. The Morgan fingerprint density at radius 2 is 2.23 bits per heavy atom. The molecule has 0 aromatic heterocycles. The van der Waals surface area contributed by atoms with Gasteiger partial charge < -0.3 is 5.11 Å². The van der Waals surface area contributed by atoms with E-state index < -0.39 is 5.60 Å². The molecule has 1 rings (SSSR count). The average Bonchev–Trinajstić information content (AvgIpc) is 2.09. The zero-order chi connectivity index (χ0) is 9.90. The maximum absolute atomic E-state index is 10.4. The van der Waals surface area contributed by atoms with Gasteiger partial charge in [-0.05, 0) is 32.3 Å². The second-order valence-corrected chi connectivity index (χ2v) is 4.08. The first-order valence-corrected chi connectivity index (χ1v) is 5.12. The van der Waals surface area contributed by atoms with Crippen LogP contribution in [0, 0.1) is 5.92 Å². The van der Waals surface area contributed by atoms with E-state index in [-0.39, 0.29) is 5.92 Å². The SMILES string of the molecule is C=C(C)[C@@]1(O)CCCC[C@@H]1/C=C/C. The Bertz CT molecular complexity index is 217. The van der Waals surface area contributed by atoms with Crippen LogP contribution in [0.4, 0.5) is 0 Å². The van der Waals surface area contributed by atoms with Gasteiger partial charge in [-0.25, -0.2) is 0 Å². The van der Waals surface area contributed by atoms with Crippen molar-refractivity contribution in [3.63, 3.8) is 0 Å². The molecule has 0 aromatic rings. The van der Waals surface area contributed by atoms with Gasteiger partial charge >= 0.3 is 0 Å². The molecule has 1 aliphatic carbocycles. The van der Waals surface area contributed by atoms with Gasteiger partial charge in [-0.3, -0.25) is 0 Å². The minimum Gasteiger partial charge on any atom is -0.385 e. The monoisotopic (exact) mass is 180 g/mol. The Balaban J connectivity index is 2.83. The van der Waals surface area contributed by atoms with Crippen molar-refractivity contribution in [2.45, 2.75) is 45.1 Å². The summed E-state index contributed by atoms with van der Waals surface area (Å²) in [7, 11) is 0. The number of allylic oxidation sites excluding steroid dienone is 1. The predicted octanol–water partition coefficient (Wildman–Crippen LogP) is 3.06. The van der Waals surface area contributed by atoms with Crippen molar-refractivity contribution in [1.82, 2.24) is 0 Å². The van der Waals surface area contributed by atoms with Crippen molar-refractivity contribution in [3.05, 3.63) is 24.3 Å². The molecule has 1 aliphatic rings. The first kappa shape index (κ1) is 10.5. The zero-order valence-electron chi connectivity index (χ0n) is 8.71. The molecule has 0 bridgehead atoms. The molecular weight excluding hydrogens is 160 g/mol. The quantitative estimate of drug-likeness (QED) is 0.647. The maximum atomic E-state index is 10.4. The van der Waals surface area contributed by atoms with Crippen LogP contribution >= 0.6 is 0 Å². The van der Waals surface area contributed by atoms with E-state index in [1.54, 1.807) is 0 Å². The Morgan fingerprint density at radius 3 is 2.77 bits per heavy atom. The molecule has 13 heavy (non-hydrogen) atoms. The van der Waals surface area contributed by atoms with Gasteiger partial charge in [0.15, 0.2) is 0 Å². The van der Waals surface area contributed by atoms with Crippen molar-refractivity contribution < 1.29 is 5.11 Å². The molecule has 74 valence electrons. The van der Waals surface area contributed by atoms with Gasteiger partial charge in [0.1, 0.15) is 0 Å². The largest absolute Gasteiger partial charge is 0.385 e. The zero-order valence-corrected chi connectivity index (χ0v) is 8.71. The van der Waals surface area contributed by atoms with E-state index in [0.717, 1.165) is 24.8 Å². The van der Waals surface area contributed by atoms with Crippen LogP contribution in [0.3, 0.4) is 0 Å². The van der Waals surface area contributed by atoms with Crippen LogP contribution < -0.4 is 0 Å². The van der Waals surface area contributed by atoms with Gasteiger partial charge in [0.05, 0.1) is 5.60 Å². The Morgan fingerprint density at radius 1 is 1.54 bits per heavy atom. The second-order valence-electron chi connectivity index (χ2n) is 4.08. The molecule has 1 nitrogen and oxygen atoms in total. The summed E-state index contributed by atoms with van der Waals surface area (Å²) in [5, 5.41) is 10.4. The molecular formula is C12H20O. The summed E-state index contributed by atoms with van der Waals surface area (Å²) >= 11 is 0. The summed E-state index contributed by atoms with van der Waals surface area (Å²) in [6.45, 7) is 7.84. The molecule has 0 unspecified atom stereocenters. The molecule has 1 fully saturated rings. The van der Waals surface area contributed by atoms with Crippen LogP contribution in [0.25, 0.3) is 0 Å². The van der Waals surface area contributed by atoms with Gasteiger partial charge in [-0.2, -0.15) is 0 Å². The fourth-order valence-corrected chi connectivity index (χ4v) is 2.20. The second kappa shape index (κ2) is 4.10. The molecule has 2 atom stereocenters. The van der Waals surface area contributed by atoms with Crippen molar-refractivity contribution in [2.75, 3.05) is 0 Å². The predicted molar refractivity (Wildman–Crippen MR) is 56.5 cm³/mol. The van der Waals surface area contributed by atoms with Gasteiger partial charge in [0, 0.05) is 5.92 Å². The summed E-state index contributed by atoms with van der Waals surface area (Å²) in [6, 6.07) is 0. The molecule has 0 spiro atoms. The summed E-state index contributed by atoms with van der Waals surface area (Å²) in [4.78, 5) is 0. The van der Waals surface area contributed by atoms with Gasteiger partial charge in [0.2, 0.25) is 0 Å². The highest BCUT2D eigenvalue weighted by atomic mass is 16.3. The van der Waals surface area contributed by atoms with Crippen molar-refractivity contribution in [1.29, 1.82) is 0 Å². The van der Waals surface area contributed by atoms with Crippen molar-refractivity contribution in [2.24, 2.45) is 5.92 Å². The Labute approximate surface area is 81.2 Å². The summed E-state index contributed by atoms with van der Waals surface area (Å²) < 4.78 is 0. The van der Waals surface area contributed by atoms with E-state index in [1.165, 1.54) is 6.42 Å². The van der Waals surface area contributed by atoms with E-state index >= 15 is 0 Å². The Hall–Kier alpha value is -0.560. The number of hydrogen-bond acceptors (Lipinski definition) is 1. The van der Waals surface area contributed by atoms with Crippen LogP contribution in [0.1, 0.15) is 39.5 Å². The first-order valence-electron chi connectivity index (χ1n) is 5.12. The molecule has 0 amide bonds. The molecule has 0 aliphatic heterocycles. The molecule has 0 radical (unpaired) electrons. The molecule has 0 heterocycles. The molecule has 1 heteroatoms. The summed E-state index contributed by atoms with van der Waals surface area (Å²) in [6.07, 6.45) is 8.46. The maximum Gasteiger partial charge on any atom is 0.0913 e. The highest BCUT2D eigenvalue weighted by Crippen LogP contribution is 2.38. The third-order valence-corrected chi connectivity index (χ3v) is 3.10. The van der Waals surface area contributed by atoms with Crippen LogP contribution in [-0.2, 0) is 0 Å². The number of hydrogen-bond donors (Lipinski definition) is 1. The molecule has 0 saturated heterocycles. The van der Waals surface area contributed by atoms with E-state index in [0.29, 0.717) is 0 Å². The van der Waals surface area contributed by atoms with Gasteiger partial charge in [-0.15, -0.1) is 0 Å². The lowest BCUT2D eigenvalue weighted by molar-refractivity contribution is 0.00496. The highest BCUT2D eigenvalue weighted by molar-refractivity contribution is 5.17. The highest BCUT2D eigenvalue weighted by Gasteiger charge is 2.37. The minimum absolute atomic E-state index is 0.281. The van der Waals surface area contributed by atoms with Crippen LogP contribution in [-0.4, -0.2) is 10.7 Å². The van der Waals surface area contributed by atoms with Crippen molar-refractivity contribution >= 4 is 0 Å².